The van der Waals surface area contributed by atoms with Gasteiger partial charge in [0.1, 0.15) is 6.33 Å². The van der Waals surface area contributed by atoms with Crippen molar-refractivity contribution in [2.24, 2.45) is 0 Å². The Morgan fingerprint density at radius 1 is 0.875 bits per heavy atom. The van der Waals surface area contributed by atoms with Crippen molar-refractivity contribution in [3.8, 4) is 0 Å². The molecular formula is C14H11Cl6N3O. The lowest BCUT2D eigenvalue weighted by molar-refractivity contribution is 0.341. The van der Waals surface area contributed by atoms with Crippen molar-refractivity contribution in [1.82, 2.24) is 15.0 Å². The molecule has 0 amide bonds. The van der Waals surface area contributed by atoms with Crippen molar-refractivity contribution in [2.75, 3.05) is 7.11 Å². The van der Waals surface area contributed by atoms with Gasteiger partial charge in [0, 0.05) is 0 Å². The number of ether oxygens (including phenoxy) is 1. The number of nitrogens with zero attached hydrogens (tertiary/aromatic N) is 3. The highest BCUT2D eigenvalue weighted by atomic mass is 35.6. The van der Waals surface area contributed by atoms with E-state index < -0.39 is 7.59 Å². The molecule has 0 fully saturated rings. The van der Waals surface area contributed by atoms with Gasteiger partial charge in [0.05, 0.1) is 13.4 Å². The molecule has 2 rings (SSSR count). The maximum Gasteiger partial charge on any atom is 0.250 e. The van der Waals surface area contributed by atoms with E-state index in [2.05, 4.69) is 15.0 Å². The van der Waals surface area contributed by atoms with Crippen molar-refractivity contribution in [2.45, 2.75) is 7.59 Å². The molecule has 24 heavy (non-hydrogen) atoms. The summed E-state index contributed by atoms with van der Waals surface area (Å²) in [6, 6.07) is 10.0. The van der Waals surface area contributed by atoms with Crippen molar-refractivity contribution in [3.05, 3.63) is 60.1 Å². The minimum atomic E-state index is -1.77. The highest BCUT2D eigenvalue weighted by Crippen LogP contribution is 2.39. The number of alkyl halides is 6. The molecule has 1 aromatic heterocycles. The lowest BCUT2D eigenvalue weighted by Gasteiger charge is -2.12. The van der Waals surface area contributed by atoms with E-state index in [0.29, 0.717) is 0 Å². The first kappa shape index (κ1) is 21.6. The van der Waals surface area contributed by atoms with Gasteiger partial charge in [0.2, 0.25) is 7.59 Å². The number of methoxy groups -OCH3 is 1. The molecule has 4 nitrogen and oxygen atoms in total. The predicted octanol–water partition coefficient (Wildman–Crippen LogP) is 5.83. The molecule has 0 aliphatic carbocycles. The van der Waals surface area contributed by atoms with Gasteiger partial charge in [0.25, 0.3) is 0 Å². The minimum Gasteiger partial charge on any atom is -0.504 e. The van der Waals surface area contributed by atoms with Gasteiger partial charge in [-0.1, -0.05) is 99.9 Å². The summed E-state index contributed by atoms with van der Waals surface area (Å²) in [4.78, 5) is 11.0. The predicted molar refractivity (Wildman–Crippen MR) is 101 cm³/mol. The van der Waals surface area contributed by atoms with Crippen LogP contribution in [0.25, 0.3) is 6.08 Å². The van der Waals surface area contributed by atoms with Gasteiger partial charge in [0.15, 0.2) is 11.6 Å². The van der Waals surface area contributed by atoms with E-state index in [1.165, 1.54) is 0 Å². The van der Waals surface area contributed by atoms with Crippen LogP contribution in [0.4, 0.5) is 0 Å². The van der Waals surface area contributed by atoms with Crippen LogP contribution in [0, 0.1) is 0 Å². The highest BCUT2D eigenvalue weighted by molar-refractivity contribution is 6.67. The number of hydrogen-bond acceptors (Lipinski definition) is 4. The summed E-state index contributed by atoms with van der Waals surface area (Å²) in [7, 11) is 1.64. The topological polar surface area (TPSA) is 47.9 Å². The third kappa shape index (κ3) is 8.06. The van der Waals surface area contributed by atoms with Crippen LogP contribution in [-0.4, -0.2) is 22.1 Å². The first-order valence-corrected chi connectivity index (χ1v) is 8.49. The van der Waals surface area contributed by atoms with E-state index in [4.69, 9.17) is 74.3 Å². The zero-order valence-corrected chi connectivity index (χ0v) is 16.7. The first-order valence-electron chi connectivity index (χ1n) is 6.22. The molecule has 0 aliphatic rings. The zero-order chi connectivity index (χ0) is 18.2. The molecule has 2 aromatic rings. The Hall–Kier alpha value is -0.490. The van der Waals surface area contributed by atoms with Gasteiger partial charge < -0.3 is 4.74 Å². The molecule has 0 saturated heterocycles. The smallest absolute Gasteiger partial charge is 0.250 e. The number of benzene rings is 1. The summed E-state index contributed by atoms with van der Waals surface area (Å²) in [5, 5.41) is 0. The Morgan fingerprint density at radius 3 is 1.79 bits per heavy atom. The van der Waals surface area contributed by atoms with Crippen molar-refractivity contribution >= 4 is 75.7 Å². The van der Waals surface area contributed by atoms with E-state index in [9.17, 15) is 0 Å². The van der Waals surface area contributed by atoms with Gasteiger partial charge >= 0.3 is 0 Å². The molecule has 0 radical (unpaired) electrons. The average Bonchev–Trinajstić information content (AvgIpc) is 2.53. The van der Waals surface area contributed by atoms with Crippen molar-refractivity contribution < 1.29 is 4.74 Å². The quantitative estimate of drug-likeness (QED) is 0.427. The maximum absolute atomic E-state index is 5.53. The molecule has 0 unspecified atom stereocenters. The number of hydrogen-bond donors (Lipinski definition) is 0. The molecule has 1 heterocycles. The Bertz CT molecular complexity index is 626. The van der Waals surface area contributed by atoms with Gasteiger partial charge in [-0.05, 0) is 11.6 Å². The fourth-order valence-corrected chi connectivity index (χ4v) is 1.83. The minimum absolute atomic E-state index is 0.0983. The first-order chi connectivity index (χ1) is 11.1. The lowest BCUT2D eigenvalue weighted by Crippen LogP contribution is -2.14. The highest BCUT2D eigenvalue weighted by Gasteiger charge is 2.32. The molecule has 10 heteroatoms. The molecule has 0 N–H and O–H groups in total. The maximum atomic E-state index is 5.53. The standard InChI is InChI=1S/C9H10O.C5HCl6N3/c1-10-8-7-9-5-3-2-4-6-9;6-4(7,8)2-12-1-13-3(14-2)5(9,10)11/h2-8H,1H3;1H. The van der Waals surface area contributed by atoms with E-state index in [1.807, 2.05) is 36.4 Å². The molecule has 0 saturated carbocycles. The van der Waals surface area contributed by atoms with Crippen LogP contribution >= 0.6 is 69.6 Å². The Balaban J connectivity index is 0.000000254. The largest absolute Gasteiger partial charge is 0.504 e. The second-order valence-corrected chi connectivity index (χ2v) is 8.64. The monoisotopic (exact) mass is 447 g/mol. The van der Waals surface area contributed by atoms with Crippen LogP contribution in [0.5, 0.6) is 0 Å². The molecule has 0 spiro atoms. The number of rotatable bonds is 2. The summed E-state index contributed by atoms with van der Waals surface area (Å²) in [5.74, 6) is -0.197. The summed E-state index contributed by atoms with van der Waals surface area (Å²) in [5.41, 5.74) is 1.16. The van der Waals surface area contributed by atoms with Crippen LogP contribution in [0.15, 0.2) is 42.9 Å². The Labute approximate surface area is 169 Å². The van der Waals surface area contributed by atoms with E-state index in [0.717, 1.165) is 11.9 Å². The fourth-order valence-electron chi connectivity index (χ4n) is 1.28. The molecular weight excluding hydrogens is 439 g/mol. The van der Waals surface area contributed by atoms with E-state index in [1.54, 1.807) is 13.4 Å². The number of aromatic nitrogens is 3. The van der Waals surface area contributed by atoms with Crippen LogP contribution in [-0.2, 0) is 12.3 Å². The third-order valence-corrected chi connectivity index (χ3v) is 3.29. The summed E-state index contributed by atoms with van der Waals surface area (Å²) < 4.78 is 1.22. The van der Waals surface area contributed by atoms with Gasteiger partial charge in [-0.15, -0.1) is 0 Å². The molecule has 0 atom stereocenters. The molecule has 130 valence electrons. The summed E-state index contributed by atoms with van der Waals surface area (Å²) in [6.45, 7) is 0. The summed E-state index contributed by atoms with van der Waals surface area (Å²) in [6.07, 6.45) is 4.68. The van der Waals surface area contributed by atoms with Gasteiger partial charge in [-0.3, -0.25) is 0 Å². The molecule has 0 bridgehead atoms. The number of halogens is 6. The molecule has 0 aliphatic heterocycles. The molecule has 1 aromatic carbocycles. The normalized spacial score (nSPS) is 11.8. The SMILES string of the molecule is COC=Cc1ccccc1.ClC(Cl)(Cl)c1ncnc(C(Cl)(Cl)Cl)n1. The van der Waals surface area contributed by atoms with Crippen molar-refractivity contribution in [1.29, 1.82) is 0 Å². The van der Waals surface area contributed by atoms with Crippen molar-refractivity contribution in [3.63, 3.8) is 0 Å². The van der Waals surface area contributed by atoms with Crippen LogP contribution in [0.2, 0.25) is 0 Å². The van der Waals surface area contributed by atoms with E-state index >= 15 is 0 Å². The van der Waals surface area contributed by atoms with Gasteiger partial charge in [-0.25, -0.2) is 15.0 Å². The van der Waals surface area contributed by atoms with Crippen LogP contribution in [0.1, 0.15) is 17.2 Å². The summed E-state index contributed by atoms with van der Waals surface area (Å²) >= 11 is 33.2. The zero-order valence-electron chi connectivity index (χ0n) is 12.1. The van der Waals surface area contributed by atoms with Gasteiger partial charge in [-0.2, -0.15) is 0 Å². The van der Waals surface area contributed by atoms with Crippen LogP contribution in [0.3, 0.4) is 0 Å². The second kappa shape index (κ2) is 9.85. The van der Waals surface area contributed by atoms with Crippen LogP contribution < -0.4 is 0 Å². The average molecular weight is 450 g/mol. The van der Waals surface area contributed by atoms with E-state index in [-0.39, 0.29) is 11.6 Å². The third-order valence-electron chi connectivity index (χ3n) is 2.28. The fraction of sp³-hybridized carbons (Fsp3) is 0.214. The Morgan fingerprint density at radius 2 is 1.38 bits per heavy atom. The lowest BCUT2D eigenvalue weighted by atomic mass is 10.2. The second-order valence-electron chi connectivity index (χ2n) is 4.08. The Kier molecular flexibility index (Phi) is 8.85.